The lowest BCUT2D eigenvalue weighted by molar-refractivity contribution is -0.0355. The van der Waals surface area contributed by atoms with Gasteiger partial charge >= 0.3 is 5.69 Å². The number of aliphatic hydroxyl groups excluding tert-OH is 2. The molecule has 1 fully saturated rings. The van der Waals surface area contributed by atoms with Crippen molar-refractivity contribution in [3.63, 3.8) is 0 Å². The third-order valence-corrected chi connectivity index (χ3v) is 2.69. The summed E-state index contributed by atoms with van der Waals surface area (Å²) in [5.41, 5.74) is 4.27. The van der Waals surface area contributed by atoms with Crippen LogP contribution in [0.25, 0.3) is 0 Å². The molecular formula is C9H12FN3O4. The predicted octanol–water partition coefficient (Wildman–Crippen LogP) is -1.40. The number of ether oxygens (including phenoxy) is 1. The molecule has 8 heteroatoms. The molecule has 0 saturated carbocycles. The predicted molar refractivity (Wildman–Crippen MR) is 54.5 cm³/mol. The van der Waals surface area contributed by atoms with Gasteiger partial charge in [-0.15, -0.1) is 0 Å². The minimum absolute atomic E-state index is 0.521. The van der Waals surface area contributed by atoms with Crippen molar-refractivity contribution in [1.82, 2.24) is 9.55 Å². The van der Waals surface area contributed by atoms with Gasteiger partial charge in [0.25, 0.3) is 0 Å². The number of hydrogen-bond acceptors (Lipinski definition) is 6. The first-order valence-corrected chi connectivity index (χ1v) is 4.97. The lowest BCUT2D eigenvalue weighted by Gasteiger charge is -2.17. The van der Waals surface area contributed by atoms with Crippen LogP contribution in [-0.4, -0.2) is 38.1 Å². The Morgan fingerprint density at radius 2 is 2.18 bits per heavy atom. The Kier molecular flexibility index (Phi) is 2.86. The van der Waals surface area contributed by atoms with Gasteiger partial charge < -0.3 is 20.7 Å². The molecule has 1 aromatic rings. The van der Waals surface area contributed by atoms with Crippen LogP contribution in [0.3, 0.4) is 0 Å². The quantitative estimate of drug-likeness (QED) is 0.561. The van der Waals surface area contributed by atoms with Crippen LogP contribution in [0.4, 0.5) is 10.2 Å². The number of halogens is 1. The summed E-state index contributed by atoms with van der Waals surface area (Å²) in [7, 11) is 0. The van der Waals surface area contributed by atoms with Gasteiger partial charge in [-0.3, -0.25) is 4.57 Å². The molecule has 2 heterocycles. The van der Waals surface area contributed by atoms with E-state index in [1.807, 2.05) is 0 Å². The summed E-state index contributed by atoms with van der Waals surface area (Å²) < 4.78 is 19.1. The molecular weight excluding hydrogens is 233 g/mol. The van der Waals surface area contributed by atoms with Gasteiger partial charge in [-0.05, 0) is 6.92 Å². The maximum Gasteiger partial charge on any atom is 0.351 e. The molecule has 4 N–H and O–H groups in total. The molecule has 3 unspecified atom stereocenters. The number of rotatable bonds is 1. The van der Waals surface area contributed by atoms with Gasteiger partial charge in [-0.2, -0.15) is 4.98 Å². The van der Waals surface area contributed by atoms with Crippen LogP contribution in [-0.2, 0) is 4.74 Å². The number of aromatic nitrogens is 2. The van der Waals surface area contributed by atoms with E-state index in [0.29, 0.717) is 0 Å². The Bertz CT molecular complexity index is 492. The van der Waals surface area contributed by atoms with Gasteiger partial charge in [0.05, 0.1) is 12.3 Å². The largest absolute Gasteiger partial charge is 0.388 e. The number of aliphatic hydroxyl groups is 2. The highest BCUT2D eigenvalue weighted by Gasteiger charge is 2.41. The molecule has 1 saturated heterocycles. The summed E-state index contributed by atoms with van der Waals surface area (Å²) >= 11 is 0. The molecule has 0 bridgehead atoms. The van der Waals surface area contributed by atoms with Gasteiger partial charge in [-0.1, -0.05) is 0 Å². The smallest absolute Gasteiger partial charge is 0.351 e. The number of nitrogens with zero attached hydrogens (tertiary/aromatic N) is 2. The standard InChI is InChI=1S/C9H12FN3O4/c1-3-5(14)6(15)8(17-3)13-2-4(10)7(11)12-9(13)16/h2-3,5-6,8,14-15H,1H3,(H2,11,12,16)/t3-,5?,6?,8?/m1/s1. The highest BCUT2D eigenvalue weighted by molar-refractivity contribution is 5.26. The molecule has 1 aliphatic heterocycles. The maximum absolute atomic E-state index is 13.2. The molecule has 0 amide bonds. The van der Waals surface area contributed by atoms with Crippen molar-refractivity contribution in [2.24, 2.45) is 0 Å². The second-order valence-corrected chi connectivity index (χ2v) is 3.88. The second kappa shape index (κ2) is 4.06. The minimum Gasteiger partial charge on any atom is -0.388 e. The van der Waals surface area contributed by atoms with Crippen LogP contribution in [0, 0.1) is 5.82 Å². The van der Waals surface area contributed by atoms with E-state index < -0.39 is 41.9 Å². The van der Waals surface area contributed by atoms with Gasteiger partial charge in [0.15, 0.2) is 17.9 Å². The first kappa shape index (κ1) is 12.0. The third kappa shape index (κ3) is 1.90. The van der Waals surface area contributed by atoms with Gasteiger partial charge in [-0.25, -0.2) is 9.18 Å². The molecule has 0 spiro atoms. The SMILES string of the molecule is C[C@H]1OC(n2cc(F)c(N)nc2=O)C(O)C1O. The van der Waals surface area contributed by atoms with E-state index in [0.717, 1.165) is 10.8 Å². The molecule has 17 heavy (non-hydrogen) atoms. The fourth-order valence-electron chi connectivity index (χ4n) is 1.70. The lowest BCUT2D eigenvalue weighted by atomic mass is 10.1. The molecule has 4 atom stereocenters. The Hall–Kier alpha value is -1.51. The molecule has 7 nitrogen and oxygen atoms in total. The van der Waals surface area contributed by atoms with E-state index in [9.17, 15) is 19.4 Å². The Labute approximate surface area is 95.3 Å². The van der Waals surface area contributed by atoms with Crippen molar-refractivity contribution < 1.29 is 19.3 Å². The topological polar surface area (TPSA) is 111 Å². The summed E-state index contributed by atoms with van der Waals surface area (Å²) in [4.78, 5) is 14.7. The van der Waals surface area contributed by atoms with E-state index in [2.05, 4.69) is 4.98 Å². The molecule has 1 aromatic heterocycles. The maximum atomic E-state index is 13.2. The molecule has 94 valence electrons. The van der Waals surface area contributed by atoms with E-state index in [1.165, 1.54) is 6.92 Å². The Morgan fingerprint density at radius 1 is 1.53 bits per heavy atom. The van der Waals surface area contributed by atoms with Crippen molar-refractivity contribution in [1.29, 1.82) is 0 Å². The average molecular weight is 245 g/mol. The van der Waals surface area contributed by atoms with Crippen molar-refractivity contribution in [3.05, 3.63) is 22.5 Å². The van der Waals surface area contributed by atoms with Crippen molar-refractivity contribution >= 4 is 5.82 Å². The Morgan fingerprint density at radius 3 is 2.71 bits per heavy atom. The molecule has 0 radical (unpaired) electrons. The fraction of sp³-hybridized carbons (Fsp3) is 0.556. The molecule has 0 aromatic carbocycles. The highest BCUT2D eigenvalue weighted by Crippen LogP contribution is 2.28. The highest BCUT2D eigenvalue weighted by atomic mass is 19.1. The van der Waals surface area contributed by atoms with Gasteiger partial charge in [0, 0.05) is 0 Å². The first-order chi connectivity index (χ1) is 7.91. The number of nitrogens with two attached hydrogens (primary N) is 1. The van der Waals surface area contributed by atoms with Crippen LogP contribution < -0.4 is 11.4 Å². The van der Waals surface area contributed by atoms with Crippen molar-refractivity contribution in [3.8, 4) is 0 Å². The normalized spacial score (nSPS) is 32.9. The van der Waals surface area contributed by atoms with E-state index in [-0.39, 0.29) is 0 Å². The third-order valence-electron chi connectivity index (χ3n) is 2.69. The van der Waals surface area contributed by atoms with Crippen molar-refractivity contribution in [2.45, 2.75) is 31.5 Å². The molecule has 0 aliphatic carbocycles. The average Bonchev–Trinajstić information content (AvgIpc) is 2.51. The van der Waals surface area contributed by atoms with Crippen molar-refractivity contribution in [2.75, 3.05) is 5.73 Å². The Balaban J connectivity index is 2.42. The van der Waals surface area contributed by atoms with Crippen LogP contribution in [0.1, 0.15) is 13.2 Å². The molecule has 2 rings (SSSR count). The summed E-state index contributed by atoms with van der Waals surface area (Å²) in [6.45, 7) is 1.53. The summed E-state index contributed by atoms with van der Waals surface area (Å²) in [6.07, 6.45) is -3.51. The van der Waals surface area contributed by atoms with Crippen LogP contribution >= 0.6 is 0 Å². The summed E-state index contributed by atoms with van der Waals surface area (Å²) in [5, 5.41) is 19.1. The zero-order valence-electron chi connectivity index (χ0n) is 8.95. The van der Waals surface area contributed by atoms with E-state index in [4.69, 9.17) is 10.5 Å². The fourth-order valence-corrected chi connectivity index (χ4v) is 1.70. The summed E-state index contributed by atoms with van der Waals surface area (Å²) in [5.74, 6) is -1.42. The lowest BCUT2D eigenvalue weighted by Crippen LogP contribution is -2.35. The van der Waals surface area contributed by atoms with Crippen LogP contribution in [0.2, 0.25) is 0 Å². The minimum atomic E-state index is -1.33. The molecule has 1 aliphatic rings. The zero-order valence-corrected chi connectivity index (χ0v) is 8.95. The summed E-state index contributed by atoms with van der Waals surface area (Å²) in [6, 6.07) is 0. The van der Waals surface area contributed by atoms with Crippen LogP contribution in [0.5, 0.6) is 0 Å². The van der Waals surface area contributed by atoms with Gasteiger partial charge in [0.1, 0.15) is 12.2 Å². The van der Waals surface area contributed by atoms with E-state index >= 15 is 0 Å². The van der Waals surface area contributed by atoms with Gasteiger partial charge in [0.2, 0.25) is 0 Å². The number of anilines is 1. The van der Waals surface area contributed by atoms with E-state index in [1.54, 1.807) is 0 Å². The number of hydrogen-bond donors (Lipinski definition) is 3. The monoisotopic (exact) mass is 245 g/mol. The first-order valence-electron chi connectivity index (χ1n) is 4.97. The zero-order chi connectivity index (χ0) is 12.7. The number of nitrogen functional groups attached to an aromatic ring is 1. The van der Waals surface area contributed by atoms with Crippen LogP contribution in [0.15, 0.2) is 11.0 Å². The second-order valence-electron chi connectivity index (χ2n) is 3.88.